The lowest BCUT2D eigenvalue weighted by Gasteiger charge is -2.30. The summed E-state index contributed by atoms with van der Waals surface area (Å²) in [4.78, 5) is 12.0. The van der Waals surface area contributed by atoms with Crippen molar-refractivity contribution >= 4 is 5.91 Å². The van der Waals surface area contributed by atoms with Gasteiger partial charge in [0.05, 0.1) is 0 Å². The average Bonchev–Trinajstić information content (AvgIpc) is 2.37. The summed E-state index contributed by atoms with van der Waals surface area (Å²) in [5.74, 6) is 0.914. The van der Waals surface area contributed by atoms with Gasteiger partial charge in [-0.1, -0.05) is 39.5 Å². The van der Waals surface area contributed by atoms with Crippen molar-refractivity contribution in [2.45, 2.75) is 64.8 Å². The second-order valence-electron chi connectivity index (χ2n) is 5.44. The highest BCUT2D eigenvalue weighted by Gasteiger charge is 2.25. The summed E-state index contributed by atoms with van der Waals surface area (Å²) in [7, 11) is 0. The Morgan fingerprint density at radius 3 is 2.53 bits per heavy atom. The Labute approximate surface area is 106 Å². The van der Waals surface area contributed by atoms with Crippen LogP contribution in [-0.2, 0) is 4.79 Å². The molecule has 3 N–H and O–H groups in total. The van der Waals surface area contributed by atoms with E-state index in [0.29, 0.717) is 12.5 Å². The molecule has 3 heteroatoms. The summed E-state index contributed by atoms with van der Waals surface area (Å²) < 4.78 is 0. The maximum Gasteiger partial charge on any atom is 0.223 e. The minimum atomic E-state index is 0.123. The normalized spacial score (nSPS) is 20.9. The van der Waals surface area contributed by atoms with E-state index >= 15 is 0 Å². The van der Waals surface area contributed by atoms with Crippen molar-refractivity contribution in [1.29, 1.82) is 0 Å². The van der Waals surface area contributed by atoms with E-state index in [2.05, 4.69) is 12.2 Å². The zero-order chi connectivity index (χ0) is 12.7. The molecule has 17 heavy (non-hydrogen) atoms. The molecule has 1 aliphatic rings. The van der Waals surface area contributed by atoms with Gasteiger partial charge in [0.25, 0.3) is 0 Å². The SMILES string of the molecule is CCCC(C)C(=O)NC(CN)C1CCCCC1. The number of nitrogens with two attached hydrogens (primary N) is 1. The lowest BCUT2D eigenvalue weighted by Crippen LogP contribution is -2.47. The minimum absolute atomic E-state index is 0.123. The molecule has 100 valence electrons. The summed E-state index contributed by atoms with van der Waals surface area (Å²) in [5, 5.41) is 3.16. The Balaban J connectivity index is 2.42. The second-order valence-corrected chi connectivity index (χ2v) is 5.44. The smallest absolute Gasteiger partial charge is 0.223 e. The molecule has 0 aromatic heterocycles. The molecule has 3 nitrogen and oxygen atoms in total. The van der Waals surface area contributed by atoms with E-state index in [1.54, 1.807) is 0 Å². The van der Waals surface area contributed by atoms with E-state index in [4.69, 9.17) is 5.73 Å². The Hall–Kier alpha value is -0.570. The third kappa shape index (κ3) is 4.66. The van der Waals surface area contributed by atoms with Crippen LogP contribution in [0.2, 0.25) is 0 Å². The number of hydrogen-bond donors (Lipinski definition) is 2. The molecule has 0 heterocycles. The molecular formula is C14H28N2O. The van der Waals surface area contributed by atoms with Crippen molar-refractivity contribution in [2.75, 3.05) is 6.54 Å². The quantitative estimate of drug-likeness (QED) is 0.749. The highest BCUT2D eigenvalue weighted by molar-refractivity contribution is 5.78. The van der Waals surface area contributed by atoms with E-state index in [0.717, 1.165) is 12.8 Å². The molecule has 1 aliphatic carbocycles. The number of hydrogen-bond acceptors (Lipinski definition) is 2. The lowest BCUT2D eigenvalue weighted by molar-refractivity contribution is -0.125. The number of amides is 1. The molecule has 2 atom stereocenters. The highest BCUT2D eigenvalue weighted by Crippen LogP contribution is 2.26. The Bertz CT molecular complexity index is 224. The minimum Gasteiger partial charge on any atom is -0.352 e. The molecule has 0 radical (unpaired) electrons. The monoisotopic (exact) mass is 240 g/mol. The van der Waals surface area contributed by atoms with Crippen molar-refractivity contribution in [3.63, 3.8) is 0 Å². The molecule has 0 aromatic rings. The molecular weight excluding hydrogens is 212 g/mol. The van der Waals surface area contributed by atoms with Crippen LogP contribution in [0.5, 0.6) is 0 Å². The maximum absolute atomic E-state index is 12.0. The summed E-state index contributed by atoms with van der Waals surface area (Å²) in [6, 6.07) is 0.196. The largest absolute Gasteiger partial charge is 0.352 e. The third-order valence-electron chi connectivity index (χ3n) is 3.97. The lowest BCUT2D eigenvalue weighted by atomic mass is 9.83. The summed E-state index contributed by atoms with van der Waals surface area (Å²) in [6.45, 7) is 4.70. The van der Waals surface area contributed by atoms with Gasteiger partial charge < -0.3 is 11.1 Å². The zero-order valence-corrected chi connectivity index (χ0v) is 11.4. The van der Waals surface area contributed by atoms with Gasteiger partial charge in [0.2, 0.25) is 5.91 Å². The summed E-state index contributed by atoms with van der Waals surface area (Å²) in [5.41, 5.74) is 5.81. The van der Waals surface area contributed by atoms with Gasteiger partial charge >= 0.3 is 0 Å². The molecule has 0 saturated heterocycles. The zero-order valence-electron chi connectivity index (χ0n) is 11.4. The standard InChI is InChI=1S/C14H28N2O/c1-3-7-11(2)14(17)16-13(10-15)12-8-5-4-6-9-12/h11-13H,3-10,15H2,1-2H3,(H,16,17). The van der Waals surface area contributed by atoms with Crippen molar-refractivity contribution in [2.24, 2.45) is 17.6 Å². The molecule has 0 spiro atoms. The Morgan fingerprint density at radius 1 is 1.35 bits per heavy atom. The van der Waals surface area contributed by atoms with Gasteiger partial charge in [0.1, 0.15) is 0 Å². The first-order valence-corrected chi connectivity index (χ1v) is 7.19. The van der Waals surface area contributed by atoms with Crippen molar-refractivity contribution in [3.05, 3.63) is 0 Å². The van der Waals surface area contributed by atoms with Crippen LogP contribution in [0.15, 0.2) is 0 Å². The summed E-state index contributed by atoms with van der Waals surface area (Å²) >= 11 is 0. The van der Waals surface area contributed by atoms with Gasteiger partial charge in [-0.2, -0.15) is 0 Å². The van der Waals surface area contributed by atoms with Crippen LogP contribution in [0, 0.1) is 11.8 Å². The topological polar surface area (TPSA) is 55.1 Å². The van der Waals surface area contributed by atoms with E-state index in [9.17, 15) is 4.79 Å². The van der Waals surface area contributed by atoms with E-state index < -0.39 is 0 Å². The number of rotatable bonds is 6. The molecule has 1 amide bonds. The number of nitrogens with one attached hydrogen (secondary N) is 1. The van der Waals surface area contributed by atoms with Crippen LogP contribution in [0.4, 0.5) is 0 Å². The predicted molar refractivity (Wildman–Crippen MR) is 71.6 cm³/mol. The Kier molecular flexibility index (Phi) is 6.56. The second kappa shape index (κ2) is 7.70. The Morgan fingerprint density at radius 2 is 2.00 bits per heavy atom. The fraction of sp³-hybridized carbons (Fsp3) is 0.929. The van der Waals surface area contributed by atoms with Gasteiger partial charge in [0.15, 0.2) is 0 Å². The maximum atomic E-state index is 12.0. The molecule has 1 rings (SSSR count). The van der Waals surface area contributed by atoms with Crippen LogP contribution in [0.3, 0.4) is 0 Å². The first kappa shape index (κ1) is 14.5. The van der Waals surface area contributed by atoms with E-state index in [-0.39, 0.29) is 17.9 Å². The van der Waals surface area contributed by atoms with E-state index in [1.807, 2.05) is 6.92 Å². The molecule has 0 aromatic carbocycles. The molecule has 1 fully saturated rings. The van der Waals surface area contributed by atoms with E-state index in [1.165, 1.54) is 32.1 Å². The van der Waals surface area contributed by atoms with Crippen LogP contribution in [-0.4, -0.2) is 18.5 Å². The van der Waals surface area contributed by atoms with Gasteiger partial charge in [-0.15, -0.1) is 0 Å². The van der Waals surface area contributed by atoms with Gasteiger partial charge in [0, 0.05) is 18.5 Å². The predicted octanol–water partition coefficient (Wildman–Crippen LogP) is 2.45. The summed E-state index contributed by atoms with van der Waals surface area (Å²) in [6.07, 6.45) is 8.41. The van der Waals surface area contributed by atoms with Gasteiger partial charge in [-0.25, -0.2) is 0 Å². The molecule has 0 aliphatic heterocycles. The van der Waals surface area contributed by atoms with Crippen molar-refractivity contribution in [3.8, 4) is 0 Å². The van der Waals surface area contributed by atoms with Gasteiger partial charge in [-0.3, -0.25) is 4.79 Å². The van der Waals surface area contributed by atoms with Crippen LogP contribution < -0.4 is 11.1 Å². The fourth-order valence-corrected chi connectivity index (χ4v) is 2.79. The number of carbonyl (C=O) groups is 1. The van der Waals surface area contributed by atoms with Crippen molar-refractivity contribution in [1.82, 2.24) is 5.32 Å². The van der Waals surface area contributed by atoms with Crippen LogP contribution in [0.25, 0.3) is 0 Å². The first-order valence-electron chi connectivity index (χ1n) is 7.19. The van der Waals surface area contributed by atoms with Gasteiger partial charge in [-0.05, 0) is 25.2 Å². The average molecular weight is 240 g/mol. The highest BCUT2D eigenvalue weighted by atomic mass is 16.1. The molecule has 2 unspecified atom stereocenters. The first-order chi connectivity index (χ1) is 8.19. The van der Waals surface area contributed by atoms with Crippen LogP contribution in [0.1, 0.15) is 58.8 Å². The number of carbonyl (C=O) groups excluding carboxylic acids is 1. The third-order valence-corrected chi connectivity index (χ3v) is 3.97. The van der Waals surface area contributed by atoms with Crippen molar-refractivity contribution < 1.29 is 4.79 Å². The molecule has 0 bridgehead atoms. The van der Waals surface area contributed by atoms with Crippen LogP contribution >= 0.6 is 0 Å². The molecule has 1 saturated carbocycles. The fourth-order valence-electron chi connectivity index (χ4n) is 2.79.